The summed E-state index contributed by atoms with van der Waals surface area (Å²) in [7, 11) is -3.93. The molecule has 3 rings (SSSR count). The fraction of sp³-hybridized carbons (Fsp3) is 0.118. The molecule has 1 heterocycles. The Bertz CT molecular complexity index is 1200. The first-order valence-corrected chi connectivity index (χ1v) is 10.8. The maximum Gasteiger partial charge on any atom is 0.240 e. The van der Waals surface area contributed by atoms with E-state index in [0.29, 0.717) is 11.9 Å². The molecule has 0 unspecified atom stereocenters. The molecule has 28 heavy (non-hydrogen) atoms. The third-order valence-electron chi connectivity index (χ3n) is 3.97. The quantitative estimate of drug-likeness (QED) is 0.379. The number of benzene rings is 2. The highest BCUT2D eigenvalue weighted by Crippen LogP contribution is 2.39. The molecule has 1 aromatic heterocycles. The van der Waals surface area contributed by atoms with E-state index in [1.165, 1.54) is 12.1 Å². The Morgan fingerprint density at radius 3 is 2.71 bits per heavy atom. The van der Waals surface area contributed by atoms with Gasteiger partial charge in [0.2, 0.25) is 21.0 Å². The van der Waals surface area contributed by atoms with Crippen LogP contribution in [0.25, 0.3) is 10.9 Å². The van der Waals surface area contributed by atoms with E-state index in [0.717, 1.165) is 9.99 Å². The van der Waals surface area contributed by atoms with Gasteiger partial charge < -0.3 is 15.0 Å². The number of nitrogens with two attached hydrogens (primary N) is 1. The van der Waals surface area contributed by atoms with Crippen LogP contribution in [0, 0.1) is 0 Å². The van der Waals surface area contributed by atoms with E-state index in [9.17, 15) is 13.5 Å². The minimum Gasteiger partial charge on any atom is -0.493 e. The molecule has 0 fully saturated rings. The molecule has 11 heteroatoms. The first-order chi connectivity index (χ1) is 13.2. The zero-order valence-electron chi connectivity index (χ0n) is 14.6. The zero-order chi connectivity index (χ0) is 20.5. The van der Waals surface area contributed by atoms with Gasteiger partial charge in [-0.3, -0.25) is 0 Å². The van der Waals surface area contributed by atoms with Crippen LogP contribution in [0.5, 0.6) is 5.88 Å². The minimum atomic E-state index is -3.93. The van der Waals surface area contributed by atoms with Crippen molar-refractivity contribution in [1.29, 1.82) is 0 Å². The molecule has 0 aliphatic carbocycles. The van der Waals surface area contributed by atoms with Crippen molar-refractivity contribution in [2.24, 2.45) is 15.4 Å². The van der Waals surface area contributed by atoms with E-state index in [1.807, 2.05) is 25.1 Å². The number of hydrogen-bond donors (Lipinski definition) is 3. The molecule has 0 aliphatic rings. The van der Waals surface area contributed by atoms with Gasteiger partial charge >= 0.3 is 0 Å². The van der Waals surface area contributed by atoms with Gasteiger partial charge in [-0.05, 0) is 49.5 Å². The van der Waals surface area contributed by atoms with Gasteiger partial charge in [-0.25, -0.2) is 13.6 Å². The van der Waals surface area contributed by atoms with Gasteiger partial charge in [0.1, 0.15) is 4.90 Å². The normalized spacial score (nSPS) is 12.0. The van der Waals surface area contributed by atoms with E-state index in [2.05, 4.69) is 31.5 Å². The lowest BCUT2D eigenvalue weighted by Gasteiger charge is -2.08. The first-order valence-electron chi connectivity index (χ1n) is 8.07. The van der Waals surface area contributed by atoms with E-state index in [-0.39, 0.29) is 27.3 Å². The number of azo groups is 1. The molecule has 146 valence electrons. The van der Waals surface area contributed by atoms with E-state index >= 15 is 0 Å². The maximum atomic E-state index is 11.7. The Morgan fingerprint density at radius 2 is 2.04 bits per heavy atom. The fourth-order valence-corrected chi connectivity index (χ4v) is 3.96. The summed E-state index contributed by atoms with van der Waals surface area (Å²) < 4.78 is 25.9. The average molecular weight is 482 g/mol. The highest BCUT2D eigenvalue weighted by molar-refractivity contribution is 9.10. The number of aromatic nitrogens is 1. The summed E-state index contributed by atoms with van der Waals surface area (Å²) in [5.41, 5.74) is 1.26. The average Bonchev–Trinajstić information content (AvgIpc) is 2.89. The van der Waals surface area contributed by atoms with Crippen molar-refractivity contribution in [3.8, 4) is 5.88 Å². The Kier molecular flexibility index (Phi) is 5.79. The SMILES string of the molecule is CCn1c(O)c(N=NC(=S)Nc2ccccc2S(N)(=O)=O)c2ccc(Br)cc21. The van der Waals surface area contributed by atoms with Gasteiger partial charge in [0.15, 0.2) is 5.69 Å². The van der Waals surface area contributed by atoms with Crippen molar-refractivity contribution < 1.29 is 13.5 Å². The van der Waals surface area contributed by atoms with Crippen LogP contribution >= 0.6 is 28.1 Å². The highest BCUT2D eigenvalue weighted by Gasteiger charge is 2.17. The molecule has 3 aromatic rings. The summed E-state index contributed by atoms with van der Waals surface area (Å²) in [6.45, 7) is 2.44. The number of aryl methyl sites for hydroxylation is 1. The number of aromatic hydroxyl groups is 1. The van der Waals surface area contributed by atoms with Crippen LogP contribution in [-0.2, 0) is 16.6 Å². The predicted octanol–water partition coefficient (Wildman–Crippen LogP) is 4.26. The van der Waals surface area contributed by atoms with Gasteiger partial charge in [0, 0.05) is 16.4 Å². The van der Waals surface area contributed by atoms with Crippen LogP contribution < -0.4 is 10.5 Å². The second-order valence-electron chi connectivity index (χ2n) is 5.75. The van der Waals surface area contributed by atoms with Crippen LogP contribution in [0.4, 0.5) is 11.4 Å². The van der Waals surface area contributed by atoms with E-state index < -0.39 is 10.0 Å². The summed E-state index contributed by atoms with van der Waals surface area (Å²) in [6, 6.07) is 11.6. The molecule has 0 aliphatic heterocycles. The number of thiocarbonyl (C=S) groups is 1. The van der Waals surface area contributed by atoms with Gasteiger partial charge in [0.25, 0.3) is 0 Å². The van der Waals surface area contributed by atoms with Crippen molar-refractivity contribution >= 4 is 65.6 Å². The van der Waals surface area contributed by atoms with Crippen molar-refractivity contribution in [2.45, 2.75) is 18.4 Å². The summed E-state index contributed by atoms with van der Waals surface area (Å²) >= 11 is 8.55. The molecule has 2 aromatic carbocycles. The number of rotatable bonds is 4. The number of nitrogens with one attached hydrogen (secondary N) is 1. The summed E-state index contributed by atoms with van der Waals surface area (Å²) in [6.07, 6.45) is 0. The lowest BCUT2D eigenvalue weighted by molar-refractivity contribution is 0.427. The Balaban J connectivity index is 1.94. The van der Waals surface area contributed by atoms with Crippen molar-refractivity contribution in [3.05, 3.63) is 46.9 Å². The van der Waals surface area contributed by atoms with E-state index in [1.54, 1.807) is 16.7 Å². The Hall–Kier alpha value is -2.34. The Labute approximate surface area is 175 Å². The topological polar surface area (TPSA) is 122 Å². The van der Waals surface area contributed by atoms with Crippen molar-refractivity contribution in [2.75, 3.05) is 5.32 Å². The number of hydrogen-bond acceptors (Lipinski definition) is 5. The zero-order valence-corrected chi connectivity index (χ0v) is 17.8. The van der Waals surface area contributed by atoms with Crippen LogP contribution in [0.1, 0.15) is 6.92 Å². The standard InChI is InChI=1S/C17H16BrN5O3S2/c1-2-23-13-9-10(18)7-8-11(13)15(16(23)24)21-22-17(27)20-12-5-3-4-6-14(12)28(19,25)26/h3-9,24H,2H2,1H3,(H,20,27)(H2,19,25,26). The first kappa shape index (κ1) is 20.4. The minimum absolute atomic E-state index is 0.0351. The highest BCUT2D eigenvalue weighted by atomic mass is 79.9. The Morgan fingerprint density at radius 1 is 1.32 bits per heavy atom. The smallest absolute Gasteiger partial charge is 0.240 e. The van der Waals surface area contributed by atoms with Gasteiger partial charge in [-0.15, -0.1) is 10.2 Å². The van der Waals surface area contributed by atoms with Gasteiger partial charge in [0.05, 0.1) is 11.2 Å². The molecule has 0 radical (unpaired) electrons. The largest absolute Gasteiger partial charge is 0.493 e. The molecule has 0 saturated carbocycles. The lowest BCUT2D eigenvalue weighted by atomic mass is 10.2. The molecule has 8 nitrogen and oxygen atoms in total. The number of halogens is 1. The maximum absolute atomic E-state index is 11.7. The second-order valence-corrected chi connectivity index (χ2v) is 8.58. The van der Waals surface area contributed by atoms with Crippen LogP contribution in [0.15, 0.2) is 62.1 Å². The molecule has 0 saturated heterocycles. The third-order valence-corrected chi connectivity index (χ3v) is 5.61. The third kappa shape index (κ3) is 4.07. The monoisotopic (exact) mass is 481 g/mol. The van der Waals surface area contributed by atoms with Crippen molar-refractivity contribution in [3.63, 3.8) is 0 Å². The summed E-state index contributed by atoms with van der Waals surface area (Å²) in [5, 5.41) is 27.0. The number of para-hydroxylation sites is 1. The number of anilines is 1. The molecular formula is C17H16BrN5O3S2. The molecule has 0 atom stereocenters. The predicted molar refractivity (Wildman–Crippen MR) is 116 cm³/mol. The molecule has 0 bridgehead atoms. The lowest BCUT2D eigenvalue weighted by Crippen LogP contribution is -2.16. The number of sulfonamides is 1. The van der Waals surface area contributed by atoms with Crippen LogP contribution in [0.3, 0.4) is 0 Å². The fourth-order valence-electron chi connectivity index (χ4n) is 2.76. The van der Waals surface area contributed by atoms with Crippen molar-refractivity contribution in [1.82, 2.24) is 4.57 Å². The molecule has 0 amide bonds. The van der Waals surface area contributed by atoms with Crippen LogP contribution in [-0.4, -0.2) is 23.2 Å². The molecular weight excluding hydrogens is 466 g/mol. The van der Waals surface area contributed by atoms with Gasteiger partial charge in [-0.2, -0.15) is 0 Å². The number of fused-ring (bicyclic) bond motifs is 1. The van der Waals surface area contributed by atoms with Crippen LogP contribution in [0.2, 0.25) is 0 Å². The second kappa shape index (κ2) is 7.95. The van der Waals surface area contributed by atoms with Gasteiger partial charge in [-0.1, -0.05) is 28.1 Å². The summed E-state index contributed by atoms with van der Waals surface area (Å²) in [5.74, 6) is -0.0351. The number of primary sulfonamides is 1. The summed E-state index contributed by atoms with van der Waals surface area (Å²) in [4.78, 5) is -0.108. The number of nitrogens with zero attached hydrogens (tertiary/aromatic N) is 3. The molecule has 4 N–H and O–H groups in total. The molecule has 0 spiro atoms. The van der Waals surface area contributed by atoms with E-state index in [4.69, 9.17) is 17.4 Å².